The summed E-state index contributed by atoms with van der Waals surface area (Å²) in [5, 5.41) is 0. The molecule has 1 N–H and O–H groups in total. The number of amides is 1. The third kappa shape index (κ3) is 1.70. The van der Waals surface area contributed by atoms with Gasteiger partial charge in [-0.2, -0.15) is 0 Å². The lowest BCUT2D eigenvalue weighted by molar-refractivity contribution is -0.672. The van der Waals surface area contributed by atoms with Gasteiger partial charge in [-0.25, -0.2) is 9.55 Å². The van der Waals surface area contributed by atoms with Crippen LogP contribution < -0.4 is 9.47 Å². The number of hydrogen-bond acceptors (Lipinski definition) is 1. The van der Waals surface area contributed by atoms with E-state index in [9.17, 15) is 4.79 Å². The van der Waals surface area contributed by atoms with Crippen LogP contribution in [0.15, 0.2) is 36.7 Å². The zero-order valence-corrected chi connectivity index (χ0v) is 10.4. The second-order valence-corrected chi connectivity index (χ2v) is 4.61. The molecular weight excluding hydrogens is 226 g/mol. The van der Waals surface area contributed by atoms with Gasteiger partial charge in [-0.3, -0.25) is 4.79 Å². The van der Waals surface area contributed by atoms with Crippen LogP contribution in [0.3, 0.4) is 0 Å². The molecule has 1 aliphatic rings. The Hall–Kier alpha value is -2.10. The second-order valence-electron chi connectivity index (χ2n) is 4.61. The molecule has 0 aliphatic carbocycles. The highest BCUT2D eigenvalue weighted by molar-refractivity contribution is 6.03. The average molecular weight is 242 g/mol. The van der Waals surface area contributed by atoms with E-state index in [-0.39, 0.29) is 5.91 Å². The summed E-state index contributed by atoms with van der Waals surface area (Å²) in [4.78, 5) is 17.4. The maximum Gasteiger partial charge on any atom is 0.346 e. The van der Waals surface area contributed by atoms with Crippen LogP contribution in [-0.4, -0.2) is 17.4 Å². The minimum atomic E-state index is 0.0367. The number of rotatable bonds is 1. The van der Waals surface area contributed by atoms with Crippen molar-refractivity contribution in [1.29, 1.82) is 0 Å². The van der Waals surface area contributed by atoms with E-state index in [4.69, 9.17) is 0 Å². The first-order valence-corrected chi connectivity index (χ1v) is 6.20. The number of fused-ring (bicyclic) bond motifs is 1. The summed E-state index contributed by atoms with van der Waals surface area (Å²) in [6.07, 6.45) is 5.70. The minimum absolute atomic E-state index is 0.0367. The monoisotopic (exact) mass is 242 g/mol. The van der Waals surface area contributed by atoms with Crippen molar-refractivity contribution >= 4 is 11.6 Å². The Morgan fingerprint density at radius 3 is 3.00 bits per heavy atom. The number of nitrogens with one attached hydrogen (secondary N) is 1. The molecule has 4 heteroatoms. The third-order valence-electron chi connectivity index (χ3n) is 3.43. The summed E-state index contributed by atoms with van der Waals surface area (Å²) in [5.41, 5.74) is 2.30. The lowest BCUT2D eigenvalue weighted by Gasteiger charge is -2.27. The van der Waals surface area contributed by atoms with Crippen LogP contribution in [0.4, 0.5) is 5.69 Å². The van der Waals surface area contributed by atoms with Gasteiger partial charge in [0.2, 0.25) is 0 Å². The molecule has 1 aromatic carbocycles. The summed E-state index contributed by atoms with van der Waals surface area (Å²) in [6.45, 7) is 0.787. The van der Waals surface area contributed by atoms with Crippen molar-refractivity contribution in [3.8, 4) is 0 Å². The fourth-order valence-electron chi connectivity index (χ4n) is 2.49. The highest BCUT2D eigenvalue weighted by atomic mass is 16.2. The maximum absolute atomic E-state index is 12.5. The van der Waals surface area contributed by atoms with Crippen LogP contribution in [0.2, 0.25) is 0 Å². The van der Waals surface area contributed by atoms with Crippen molar-refractivity contribution in [2.45, 2.75) is 12.8 Å². The Morgan fingerprint density at radius 1 is 1.39 bits per heavy atom. The molecule has 3 rings (SSSR count). The smallest absolute Gasteiger partial charge is 0.302 e. The topological polar surface area (TPSA) is 40.0 Å². The third-order valence-corrected chi connectivity index (χ3v) is 3.43. The summed E-state index contributed by atoms with van der Waals surface area (Å²) >= 11 is 0. The van der Waals surface area contributed by atoms with E-state index in [2.05, 4.69) is 11.1 Å². The number of aromatic nitrogens is 2. The number of carbonyl (C=O) groups excluding carboxylic acids is 1. The number of carbonyl (C=O) groups is 1. The molecule has 2 aromatic rings. The molecule has 2 heterocycles. The van der Waals surface area contributed by atoms with Gasteiger partial charge < -0.3 is 4.90 Å². The summed E-state index contributed by atoms with van der Waals surface area (Å²) in [6, 6.07) is 8.14. The predicted molar refractivity (Wildman–Crippen MR) is 68.4 cm³/mol. The van der Waals surface area contributed by atoms with Crippen molar-refractivity contribution in [3.63, 3.8) is 0 Å². The molecule has 0 bridgehead atoms. The Balaban J connectivity index is 2.00. The Morgan fingerprint density at radius 2 is 2.22 bits per heavy atom. The quantitative estimate of drug-likeness (QED) is 0.755. The van der Waals surface area contributed by atoms with E-state index in [1.54, 1.807) is 6.20 Å². The molecule has 0 radical (unpaired) electrons. The predicted octanol–water partition coefficient (Wildman–Crippen LogP) is 1.43. The maximum atomic E-state index is 12.5. The Labute approximate surface area is 106 Å². The lowest BCUT2D eigenvalue weighted by Crippen LogP contribution is -2.43. The first-order chi connectivity index (χ1) is 8.77. The van der Waals surface area contributed by atoms with Crippen LogP contribution in [0.25, 0.3) is 0 Å². The average Bonchev–Trinajstić information content (AvgIpc) is 2.83. The molecule has 0 saturated carbocycles. The first-order valence-electron chi connectivity index (χ1n) is 6.20. The van der Waals surface area contributed by atoms with Gasteiger partial charge in [0.1, 0.15) is 12.4 Å². The largest absolute Gasteiger partial charge is 0.346 e. The first kappa shape index (κ1) is 11.0. The number of para-hydroxylation sites is 1. The molecular formula is C14H16N3O+. The second kappa shape index (κ2) is 4.29. The number of H-pyrrole nitrogens is 1. The van der Waals surface area contributed by atoms with Crippen LogP contribution in [0, 0.1) is 0 Å². The van der Waals surface area contributed by atoms with E-state index in [0.29, 0.717) is 5.82 Å². The van der Waals surface area contributed by atoms with Crippen LogP contribution >= 0.6 is 0 Å². The van der Waals surface area contributed by atoms with E-state index < -0.39 is 0 Å². The molecule has 0 unspecified atom stereocenters. The van der Waals surface area contributed by atoms with Crippen molar-refractivity contribution in [1.82, 2.24) is 4.98 Å². The summed E-state index contributed by atoms with van der Waals surface area (Å²) in [7, 11) is 1.87. The van der Waals surface area contributed by atoms with Crippen LogP contribution in [-0.2, 0) is 13.5 Å². The number of hydrogen-bond donors (Lipinski definition) is 1. The number of aromatic amines is 1. The van der Waals surface area contributed by atoms with Gasteiger partial charge in [-0.05, 0) is 24.5 Å². The lowest BCUT2D eigenvalue weighted by atomic mass is 10.0. The molecule has 4 nitrogen and oxygen atoms in total. The van der Waals surface area contributed by atoms with Crippen LogP contribution in [0.5, 0.6) is 0 Å². The van der Waals surface area contributed by atoms with Gasteiger partial charge in [0, 0.05) is 12.2 Å². The van der Waals surface area contributed by atoms with E-state index in [1.807, 2.05) is 40.9 Å². The Bertz CT molecular complexity index is 588. The molecule has 1 aliphatic heterocycles. The molecule has 92 valence electrons. The van der Waals surface area contributed by atoms with Crippen molar-refractivity contribution in [2.75, 3.05) is 11.4 Å². The van der Waals surface area contributed by atoms with Crippen molar-refractivity contribution in [3.05, 3.63) is 48.0 Å². The van der Waals surface area contributed by atoms with Gasteiger partial charge in [0.25, 0.3) is 0 Å². The molecule has 0 fully saturated rings. The zero-order chi connectivity index (χ0) is 12.5. The van der Waals surface area contributed by atoms with Crippen LogP contribution in [0.1, 0.15) is 22.6 Å². The van der Waals surface area contributed by atoms with E-state index in [1.165, 1.54) is 5.56 Å². The molecule has 18 heavy (non-hydrogen) atoms. The van der Waals surface area contributed by atoms with Crippen molar-refractivity contribution < 1.29 is 9.36 Å². The highest BCUT2D eigenvalue weighted by Crippen LogP contribution is 2.27. The van der Waals surface area contributed by atoms with Gasteiger partial charge in [-0.1, -0.05) is 18.2 Å². The SMILES string of the molecule is C[n+]1cc[nH]c1C(=O)N1CCCc2ccccc21. The van der Waals surface area contributed by atoms with E-state index >= 15 is 0 Å². The van der Waals surface area contributed by atoms with Gasteiger partial charge in [0.15, 0.2) is 0 Å². The van der Waals surface area contributed by atoms with Crippen molar-refractivity contribution in [2.24, 2.45) is 7.05 Å². The fourth-order valence-corrected chi connectivity index (χ4v) is 2.49. The molecule has 0 saturated heterocycles. The highest BCUT2D eigenvalue weighted by Gasteiger charge is 2.28. The fraction of sp³-hybridized carbons (Fsp3) is 0.286. The Kier molecular flexibility index (Phi) is 2.63. The van der Waals surface area contributed by atoms with Gasteiger partial charge in [0.05, 0.1) is 7.05 Å². The normalized spacial score (nSPS) is 14.4. The number of nitrogens with zero attached hydrogens (tertiary/aromatic N) is 2. The number of imidazole rings is 1. The standard InChI is InChI=1S/C14H15N3O/c1-16-10-8-15-13(16)14(18)17-9-4-6-11-5-2-3-7-12(11)17/h2-3,5,7-8,10H,4,6,9H2,1H3/p+1. The number of anilines is 1. The molecule has 0 spiro atoms. The number of aryl methyl sites for hydroxylation is 2. The van der Waals surface area contributed by atoms with Gasteiger partial charge in [-0.15, -0.1) is 0 Å². The molecule has 1 amide bonds. The summed E-state index contributed by atoms with van der Waals surface area (Å²) < 4.78 is 1.82. The number of benzene rings is 1. The summed E-state index contributed by atoms with van der Waals surface area (Å²) in [5.74, 6) is 0.654. The van der Waals surface area contributed by atoms with Gasteiger partial charge >= 0.3 is 11.7 Å². The molecule has 0 atom stereocenters. The molecule has 1 aromatic heterocycles. The minimum Gasteiger partial charge on any atom is -0.302 e. The zero-order valence-electron chi connectivity index (χ0n) is 10.4. The van der Waals surface area contributed by atoms with E-state index in [0.717, 1.165) is 25.1 Å².